The molecule has 1 nitrogen and oxygen atoms in total. The monoisotopic (exact) mass is 413 g/mol. The van der Waals surface area contributed by atoms with E-state index < -0.39 is 0 Å². The summed E-state index contributed by atoms with van der Waals surface area (Å²) >= 11 is 14.7. The van der Waals surface area contributed by atoms with Gasteiger partial charge in [0.2, 0.25) is 0 Å². The molecule has 3 aromatic rings. The lowest BCUT2D eigenvalue weighted by Crippen LogP contribution is -2.31. The van der Waals surface area contributed by atoms with E-state index in [1.807, 2.05) is 17.8 Å². The molecule has 1 aliphatic heterocycles. The van der Waals surface area contributed by atoms with Crippen molar-refractivity contribution < 1.29 is 0 Å². The Bertz CT molecular complexity index is 942. The number of hydrogen-bond acceptors (Lipinski definition) is 2. The molecule has 0 fully saturated rings. The number of likely N-dealkylation sites (N-methyl/N-ethyl adjacent to an activating group) is 1. The van der Waals surface area contributed by atoms with E-state index in [-0.39, 0.29) is 5.92 Å². The third-order valence-electron chi connectivity index (χ3n) is 5.00. The number of fused-ring (bicyclic) bond motifs is 1. The van der Waals surface area contributed by atoms with Crippen LogP contribution >= 0.6 is 35.0 Å². The summed E-state index contributed by atoms with van der Waals surface area (Å²) in [6, 6.07) is 23.4. The van der Waals surface area contributed by atoms with Crippen LogP contribution in [-0.2, 0) is 12.3 Å². The first kappa shape index (κ1) is 18.9. The molecule has 0 N–H and O–H groups in total. The van der Waals surface area contributed by atoms with Crippen molar-refractivity contribution in [3.63, 3.8) is 0 Å². The zero-order chi connectivity index (χ0) is 18.8. The molecule has 4 heteroatoms. The molecule has 0 aliphatic carbocycles. The highest BCUT2D eigenvalue weighted by atomic mass is 35.5. The van der Waals surface area contributed by atoms with Crippen LogP contribution in [0.2, 0.25) is 10.0 Å². The Kier molecular flexibility index (Phi) is 5.79. The average molecular weight is 414 g/mol. The van der Waals surface area contributed by atoms with Crippen molar-refractivity contribution in [1.29, 1.82) is 0 Å². The Morgan fingerprint density at radius 3 is 2.63 bits per heavy atom. The van der Waals surface area contributed by atoms with Gasteiger partial charge in [-0.25, -0.2) is 0 Å². The minimum absolute atomic E-state index is 0.284. The van der Waals surface area contributed by atoms with Gasteiger partial charge in [0, 0.05) is 39.7 Å². The Hall–Kier alpha value is -1.45. The van der Waals surface area contributed by atoms with Gasteiger partial charge in [-0.2, -0.15) is 0 Å². The number of benzene rings is 3. The lowest BCUT2D eigenvalue weighted by Gasteiger charge is -2.33. The predicted molar refractivity (Wildman–Crippen MR) is 117 cm³/mol. The summed E-state index contributed by atoms with van der Waals surface area (Å²) in [5.74, 6) is 1.26. The Balaban J connectivity index is 1.62. The van der Waals surface area contributed by atoms with Crippen LogP contribution in [-0.4, -0.2) is 18.5 Å². The molecule has 0 spiro atoms. The van der Waals surface area contributed by atoms with Crippen molar-refractivity contribution >= 4 is 35.0 Å². The number of hydrogen-bond donors (Lipinski definition) is 0. The maximum Gasteiger partial charge on any atom is 0.0468 e. The van der Waals surface area contributed by atoms with E-state index in [0.29, 0.717) is 5.02 Å². The van der Waals surface area contributed by atoms with Crippen molar-refractivity contribution in [2.24, 2.45) is 0 Å². The van der Waals surface area contributed by atoms with Crippen LogP contribution < -0.4 is 0 Å². The first-order valence-electron chi connectivity index (χ1n) is 9.03. The fourth-order valence-corrected chi connectivity index (χ4v) is 5.18. The summed E-state index contributed by atoms with van der Waals surface area (Å²) in [6.07, 6.45) is 0. The van der Waals surface area contributed by atoms with Gasteiger partial charge in [-0.3, -0.25) is 0 Å². The molecule has 3 aromatic carbocycles. The van der Waals surface area contributed by atoms with Gasteiger partial charge in [0.1, 0.15) is 0 Å². The van der Waals surface area contributed by atoms with E-state index in [4.69, 9.17) is 23.2 Å². The largest absolute Gasteiger partial charge is 0.301 e. The van der Waals surface area contributed by atoms with Crippen LogP contribution in [0.5, 0.6) is 0 Å². The molecule has 1 heterocycles. The number of rotatable bonds is 4. The van der Waals surface area contributed by atoms with E-state index in [9.17, 15) is 0 Å². The molecule has 0 aromatic heterocycles. The zero-order valence-corrected chi connectivity index (χ0v) is 17.5. The molecule has 0 saturated heterocycles. The first-order chi connectivity index (χ1) is 13.1. The predicted octanol–water partition coefficient (Wildman–Crippen LogP) is 6.86. The smallest absolute Gasteiger partial charge is 0.0468 e. The minimum atomic E-state index is 0.284. The van der Waals surface area contributed by atoms with Gasteiger partial charge < -0.3 is 4.90 Å². The molecule has 0 amide bonds. The van der Waals surface area contributed by atoms with Crippen molar-refractivity contribution in [3.05, 3.63) is 99.0 Å². The highest BCUT2D eigenvalue weighted by Gasteiger charge is 2.27. The van der Waals surface area contributed by atoms with Gasteiger partial charge in [0.25, 0.3) is 0 Å². The Morgan fingerprint density at radius 1 is 1.00 bits per heavy atom. The molecular weight excluding hydrogens is 393 g/mol. The quantitative estimate of drug-likeness (QED) is 0.429. The molecule has 27 heavy (non-hydrogen) atoms. The number of halogens is 2. The van der Waals surface area contributed by atoms with Crippen LogP contribution in [0.4, 0.5) is 0 Å². The lowest BCUT2D eigenvalue weighted by molar-refractivity contribution is 0.295. The first-order valence-corrected chi connectivity index (χ1v) is 10.8. The second-order valence-corrected chi connectivity index (χ2v) is 8.94. The molecule has 0 saturated carbocycles. The molecule has 0 radical (unpaired) electrons. The summed E-state index contributed by atoms with van der Waals surface area (Å²) in [7, 11) is 2.15. The Labute approximate surface area is 175 Å². The van der Waals surface area contributed by atoms with Crippen molar-refractivity contribution in [2.75, 3.05) is 13.6 Å². The number of nitrogens with zero attached hydrogens (tertiary/aromatic N) is 1. The summed E-state index contributed by atoms with van der Waals surface area (Å²) in [6.45, 7) is 1.83. The van der Waals surface area contributed by atoms with Gasteiger partial charge in [0.15, 0.2) is 0 Å². The van der Waals surface area contributed by atoms with Gasteiger partial charge in [-0.05, 0) is 53.6 Å². The van der Waals surface area contributed by atoms with E-state index in [2.05, 4.69) is 72.6 Å². The minimum Gasteiger partial charge on any atom is -0.301 e. The topological polar surface area (TPSA) is 3.24 Å². The normalized spacial score (nSPS) is 16.9. The molecule has 1 unspecified atom stereocenters. The van der Waals surface area contributed by atoms with Gasteiger partial charge in [-0.1, -0.05) is 65.7 Å². The van der Waals surface area contributed by atoms with Crippen LogP contribution in [0, 0.1) is 0 Å². The molecule has 138 valence electrons. The van der Waals surface area contributed by atoms with Gasteiger partial charge >= 0.3 is 0 Å². The maximum atomic E-state index is 6.50. The summed E-state index contributed by atoms with van der Waals surface area (Å²) in [4.78, 5) is 3.62. The van der Waals surface area contributed by atoms with E-state index >= 15 is 0 Å². The van der Waals surface area contributed by atoms with Crippen molar-refractivity contribution in [2.45, 2.75) is 23.1 Å². The summed E-state index contributed by atoms with van der Waals surface area (Å²) in [5, 5.41) is 1.48. The molecule has 4 rings (SSSR count). The third kappa shape index (κ3) is 4.35. The summed E-state index contributed by atoms with van der Waals surface area (Å²) in [5.41, 5.74) is 5.12. The second kappa shape index (κ2) is 8.28. The maximum absolute atomic E-state index is 6.50. The highest BCUT2D eigenvalue weighted by Crippen LogP contribution is 2.39. The van der Waals surface area contributed by atoms with E-state index in [1.165, 1.54) is 27.1 Å². The van der Waals surface area contributed by atoms with Crippen LogP contribution in [0.3, 0.4) is 0 Å². The standard InChI is InChI=1S/C23H21Cl2NS/c1-26-13-21(20-11-18(24)12-23(25)22(20)14-26)17-8-5-9-19(10-17)27-15-16-6-3-2-4-7-16/h2-12,21H,13-15H2,1H3. The van der Waals surface area contributed by atoms with Crippen LogP contribution in [0.15, 0.2) is 71.6 Å². The zero-order valence-electron chi connectivity index (χ0n) is 15.2. The average Bonchev–Trinajstić information content (AvgIpc) is 2.67. The number of thioether (sulfide) groups is 1. The van der Waals surface area contributed by atoms with Crippen molar-refractivity contribution in [3.8, 4) is 0 Å². The second-order valence-electron chi connectivity index (χ2n) is 7.05. The molecule has 1 atom stereocenters. The SMILES string of the molecule is CN1Cc2c(Cl)cc(Cl)cc2C(c2cccc(SCc3ccccc3)c2)C1. The lowest BCUT2D eigenvalue weighted by atomic mass is 9.85. The van der Waals surface area contributed by atoms with Crippen molar-refractivity contribution in [1.82, 2.24) is 4.90 Å². The van der Waals surface area contributed by atoms with Crippen LogP contribution in [0.1, 0.15) is 28.2 Å². The van der Waals surface area contributed by atoms with Gasteiger partial charge in [0.05, 0.1) is 0 Å². The fraction of sp³-hybridized carbons (Fsp3) is 0.217. The van der Waals surface area contributed by atoms with Crippen LogP contribution in [0.25, 0.3) is 0 Å². The Morgan fingerprint density at radius 2 is 1.81 bits per heavy atom. The fourth-order valence-electron chi connectivity index (χ4n) is 3.69. The summed E-state index contributed by atoms with van der Waals surface area (Å²) < 4.78 is 0. The molecule has 0 bridgehead atoms. The van der Waals surface area contributed by atoms with E-state index in [0.717, 1.165) is 23.9 Å². The van der Waals surface area contributed by atoms with E-state index in [1.54, 1.807) is 0 Å². The molecular formula is C23H21Cl2NS. The van der Waals surface area contributed by atoms with Gasteiger partial charge in [-0.15, -0.1) is 11.8 Å². The molecule has 1 aliphatic rings. The third-order valence-corrected chi connectivity index (χ3v) is 6.62. The highest BCUT2D eigenvalue weighted by molar-refractivity contribution is 7.98.